The molecule has 2 heterocycles. The molecule has 11 heteroatoms. The molecule has 0 spiro atoms. The van der Waals surface area contributed by atoms with E-state index in [2.05, 4.69) is 25.9 Å². The number of ether oxygens (including phenoxy) is 2. The fourth-order valence-electron chi connectivity index (χ4n) is 2.57. The van der Waals surface area contributed by atoms with E-state index in [4.69, 9.17) is 9.47 Å². The normalized spacial score (nSPS) is 16.3. The Morgan fingerprint density at radius 2 is 2.07 bits per heavy atom. The summed E-state index contributed by atoms with van der Waals surface area (Å²) in [6.45, 7) is 2.02. The van der Waals surface area contributed by atoms with Gasteiger partial charge in [0.05, 0.1) is 28.4 Å². The summed E-state index contributed by atoms with van der Waals surface area (Å²) in [7, 11) is 1.60. The van der Waals surface area contributed by atoms with Crippen molar-refractivity contribution in [2.75, 3.05) is 20.4 Å². The van der Waals surface area contributed by atoms with E-state index < -0.39 is 10.8 Å². The van der Waals surface area contributed by atoms with Crippen LogP contribution in [0.15, 0.2) is 32.9 Å². The number of rotatable bonds is 6. The van der Waals surface area contributed by atoms with Crippen LogP contribution in [0.2, 0.25) is 0 Å². The Kier molecular flexibility index (Phi) is 6.94. The van der Waals surface area contributed by atoms with E-state index >= 15 is 0 Å². The Morgan fingerprint density at radius 1 is 1.33 bits per heavy atom. The molecule has 30 heavy (non-hydrogen) atoms. The van der Waals surface area contributed by atoms with Gasteiger partial charge in [0.15, 0.2) is 0 Å². The summed E-state index contributed by atoms with van der Waals surface area (Å²) in [5, 5.41) is -0.128. The van der Waals surface area contributed by atoms with Gasteiger partial charge in [-0.05, 0) is 48.0 Å². The predicted octanol–water partition coefficient (Wildman–Crippen LogP) is 3.54. The molecular weight excluding hydrogens is 494 g/mol. The molecule has 2 amide bonds. The van der Waals surface area contributed by atoms with Crippen molar-refractivity contribution in [3.8, 4) is 11.6 Å². The highest BCUT2D eigenvalue weighted by atomic mass is 79.9. The number of benzene rings is 1. The molecule has 0 radical (unpaired) electrons. The number of halogens is 1. The van der Waals surface area contributed by atoms with Crippen molar-refractivity contribution < 1.29 is 23.3 Å². The molecule has 1 aromatic heterocycles. The largest absolute Gasteiger partial charge is 0.488 e. The van der Waals surface area contributed by atoms with Crippen LogP contribution in [-0.2, 0) is 22.2 Å². The second kappa shape index (κ2) is 9.27. The minimum Gasteiger partial charge on any atom is -0.488 e. The standard InChI is InChI=1S/C19H18BrN3O5S2/c1-10-5-13(20)11(7-15-17(24)23(2)19(25)29-15)6-14(10)28-9-12-8-21-18(30(4)26)22-16(12)27-3/h5-8H,9H2,1-4H3/b15-7-. The van der Waals surface area contributed by atoms with Crippen LogP contribution in [-0.4, -0.2) is 50.6 Å². The van der Waals surface area contributed by atoms with Gasteiger partial charge in [0, 0.05) is 24.0 Å². The van der Waals surface area contributed by atoms with Gasteiger partial charge in [-0.3, -0.25) is 18.7 Å². The number of imide groups is 1. The minimum absolute atomic E-state index is 0.132. The van der Waals surface area contributed by atoms with E-state index in [1.165, 1.54) is 26.6 Å². The number of carbonyl (C=O) groups excluding carboxylic acids is 2. The molecule has 158 valence electrons. The van der Waals surface area contributed by atoms with Gasteiger partial charge in [-0.1, -0.05) is 15.9 Å². The van der Waals surface area contributed by atoms with Crippen LogP contribution in [0.4, 0.5) is 4.79 Å². The number of hydrogen-bond acceptors (Lipinski definition) is 8. The Bertz CT molecular complexity index is 1090. The number of thioether (sulfide) groups is 1. The Morgan fingerprint density at radius 3 is 2.67 bits per heavy atom. The molecule has 0 aliphatic carbocycles. The van der Waals surface area contributed by atoms with Crippen LogP contribution in [0.1, 0.15) is 16.7 Å². The molecule has 1 aliphatic rings. The fraction of sp³-hybridized carbons (Fsp3) is 0.263. The van der Waals surface area contributed by atoms with E-state index in [1.807, 2.05) is 13.0 Å². The lowest BCUT2D eigenvalue weighted by atomic mass is 10.1. The lowest BCUT2D eigenvalue weighted by Gasteiger charge is -2.13. The number of aromatic nitrogens is 2. The van der Waals surface area contributed by atoms with Gasteiger partial charge >= 0.3 is 0 Å². The third kappa shape index (κ3) is 4.73. The number of likely N-dealkylation sites (N-methyl/N-ethyl adjacent to an activating group) is 1. The second-order valence-electron chi connectivity index (χ2n) is 6.31. The monoisotopic (exact) mass is 511 g/mol. The summed E-state index contributed by atoms with van der Waals surface area (Å²) in [6.07, 6.45) is 4.67. The highest BCUT2D eigenvalue weighted by Crippen LogP contribution is 2.35. The topological polar surface area (TPSA) is 98.7 Å². The van der Waals surface area contributed by atoms with Gasteiger partial charge in [-0.2, -0.15) is 4.98 Å². The van der Waals surface area contributed by atoms with E-state index in [1.54, 1.807) is 12.1 Å². The van der Waals surface area contributed by atoms with E-state index in [-0.39, 0.29) is 22.9 Å². The first-order valence-electron chi connectivity index (χ1n) is 8.59. The predicted molar refractivity (Wildman–Crippen MR) is 118 cm³/mol. The summed E-state index contributed by atoms with van der Waals surface area (Å²) in [5.74, 6) is 0.544. The zero-order valence-corrected chi connectivity index (χ0v) is 19.8. The maximum absolute atomic E-state index is 12.2. The zero-order valence-electron chi connectivity index (χ0n) is 16.6. The molecule has 0 saturated carbocycles. The summed E-state index contributed by atoms with van der Waals surface area (Å²) < 4.78 is 23.5. The molecule has 3 rings (SSSR count). The van der Waals surface area contributed by atoms with Gasteiger partial charge in [0.2, 0.25) is 11.0 Å². The molecule has 1 atom stereocenters. The van der Waals surface area contributed by atoms with Crippen molar-refractivity contribution >= 4 is 55.7 Å². The van der Waals surface area contributed by atoms with Crippen LogP contribution in [0.3, 0.4) is 0 Å². The van der Waals surface area contributed by atoms with Crippen molar-refractivity contribution in [1.82, 2.24) is 14.9 Å². The highest BCUT2D eigenvalue weighted by molar-refractivity contribution is 9.10. The molecule has 1 unspecified atom stereocenters. The molecule has 1 aliphatic heterocycles. The lowest BCUT2D eigenvalue weighted by Crippen LogP contribution is -2.22. The Balaban J connectivity index is 1.86. The SMILES string of the molecule is COc1nc(S(C)=O)ncc1COc1cc(/C=C2\SC(=O)N(C)C2=O)c(Br)cc1C. The number of hydrogen-bond donors (Lipinski definition) is 0. The van der Waals surface area contributed by atoms with Crippen LogP contribution in [0.5, 0.6) is 11.6 Å². The average Bonchev–Trinajstić information content (AvgIpc) is 2.95. The Hall–Kier alpha value is -2.24. The minimum atomic E-state index is -1.32. The number of amides is 2. The summed E-state index contributed by atoms with van der Waals surface area (Å²) in [4.78, 5) is 33.5. The number of carbonyl (C=O) groups is 2. The van der Waals surface area contributed by atoms with Crippen molar-refractivity contribution in [2.24, 2.45) is 0 Å². The molecular formula is C19H18BrN3O5S2. The van der Waals surface area contributed by atoms with Crippen LogP contribution >= 0.6 is 27.7 Å². The summed E-state index contributed by atoms with van der Waals surface area (Å²) in [5.41, 5.74) is 2.17. The smallest absolute Gasteiger partial charge is 0.293 e. The summed E-state index contributed by atoms with van der Waals surface area (Å²) >= 11 is 4.38. The quantitative estimate of drug-likeness (QED) is 0.428. The van der Waals surface area contributed by atoms with Gasteiger partial charge in [0.1, 0.15) is 12.4 Å². The van der Waals surface area contributed by atoms with Gasteiger partial charge < -0.3 is 9.47 Å². The van der Waals surface area contributed by atoms with Crippen molar-refractivity contribution in [3.05, 3.63) is 44.4 Å². The Labute approximate surface area is 188 Å². The third-order valence-electron chi connectivity index (χ3n) is 4.20. The molecule has 8 nitrogen and oxygen atoms in total. The molecule has 1 fully saturated rings. The van der Waals surface area contributed by atoms with Gasteiger partial charge in [-0.25, -0.2) is 4.98 Å². The third-order valence-corrected chi connectivity index (χ3v) is 6.56. The van der Waals surface area contributed by atoms with Crippen molar-refractivity contribution in [1.29, 1.82) is 0 Å². The maximum atomic E-state index is 12.2. The number of nitrogens with zero attached hydrogens (tertiary/aromatic N) is 3. The molecule has 1 saturated heterocycles. The first kappa shape index (κ1) is 22.4. The van der Waals surface area contributed by atoms with Gasteiger partial charge in [-0.15, -0.1) is 0 Å². The molecule has 0 bridgehead atoms. The van der Waals surface area contributed by atoms with Gasteiger partial charge in [0.25, 0.3) is 11.1 Å². The van der Waals surface area contributed by atoms with Crippen molar-refractivity contribution in [2.45, 2.75) is 18.7 Å². The van der Waals surface area contributed by atoms with Crippen molar-refractivity contribution in [3.63, 3.8) is 0 Å². The zero-order chi connectivity index (χ0) is 22.0. The molecule has 0 N–H and O–H groups in total. The van der Waals surface area contributed by atoms with Crippen LogP contribution < -0.4 is 9.47 Å². The number of aryl methyl sites for hydroxylation is 1. The maximum Gasteiger partial charge on any atom is 0.293 e. The molecule has 2 aromatic rings. The first-order valence-corrected chi connectivity index (χ1v) is 11.8. The fourth-order valence-corrected chi connectivity index (χ4v) is 4.37. The van der Waals surface area contributed by atoms with E-state index in [0.717, 1.165) is 26.7 Å². The lowest BCUT2D eigenvalue weighted by molar-refractivity contribution is -0.121. The first-order chi connectivity index (χ1) is 14.2. The molecule has 1 aromatic carbocycles. The van der Waals surface area contributed by atoms with E-state index in [0.29, 0.717) is 27.7 Å². The van der Waals surface area contributed by atoms with Crippen LogP contribution in [0, 0.1) is 6.92 Å². The highest BCUT2D eigenvalue weighted by Gasteiger charge is 2.32. The summed E-state index contributed by atoms with van der Waals surface area (Å²) in [6, 6.07) is 3.65. The number of methoxy groups -OCH3 is 1. The second-order valence-corrected chi connectivity index (χ2v) is 9.43. The van der Waals surface area contributed by atoms with Crippen LogP contribution in [0.25, 0.3) is 6.08 Å². The van der Waals surface area contributed by atoms with E-state index in [9.17, 15) is 13.8 Å². The average molecular weight is 512 g/mol.